The van der Waals surface area contributed by atoms with Crippen LogP contribution in [0, 0.1) is 11.8 Å². The van der Waals surface area contributed by atoms with Crippen LogP contribution in [0.3, 0.4) is 0 Å². The van der Waals surface area contributed by atoms with Crippen LogP contribution in [0.15, 0.2) is 48.5 Å². The number of rotatable bonds is 16. The van der Waals surface area contributed by atoms with Gasteiger partial charge in [-0.2, -0.15) is 0 Å². The molecule has 0 heterocycles. The van der Waals surface area contributed by atoms with Crippen molar-refractivity contribution in [3.8, 4) is 0 Å². The lowest BCUT2D eigenvalue weighted by atomic mass is 9.77. The van der Waals surface area contributed by atoms with Crippen molar-refractivity contribution in [1.29, 1.82) is 0 Å². The first-order valence-electron chi connectivity index (χ1n) is 13.4. The molecule has 2 aromatic rings. The molecule has 2 rings (SSSR count). The van der Waals surface area contributed by atoms with Gasteiger partial charge in [0.2, 0.25) is 0 Å². The zero-order valence-corrected chi connectivity index (χ0v) is 22.0. The molecule has 36 heavy (non-hydrogen) atoms. The van der Waals surface area contributed by atoms with Crippen LogP contribution in [0.1, 0.15) is 62.3 Å². The highest BCUT2D eigenvalue weighted by Crippen LogP contribution is 2.29. The van der Waals surface area contributed by atoms with E-state index in [1.807, 2.05) is 19.1 Å². The fourth-order valence-corrected chi connectivity index (χ4v) is 4.96. The summed E-state index contributed by atoms with van der Waals surface area (Å²) in [6.07, 6.45) is -2.00. The molecule has 0 aromatic heterocycles. The average molecular weight is 503 g/mol. The highest BCUT2D eigenvalue weighted by atomic mass is 16.4. The summed E-state index contributed by atoms with van der Waals surface area (Å²) < 4.78 is 0. The van der Waals surface area contributed by atoms with Crippen LogP contribution in [0.5, 0.6) is 0 Å². The maximum atomic E-state index is 11.2. The van der Waals surface area contributed by atoms with Crippen LogP contribution in [-0.2, 0) is 25.7 Å². The number of hydrogen-bond acceptors (Lipinski definition) is 6. The third-order valence-electron chi connectivity index (χ3n) is 7.22. The molecule has 0 fully saturated rings. The highest BCUT2D eigenvalue weighted by molar-refractivity contribution is 5.25. The number of aliphatic hydroxyl groups excluding tert-OH is 6. The third-order valence-corrected chi connectivity index (χ3v) is 7.22. The molecule has 6 N–H and O–H groups in total. The van der Waals surface area contributed by atoms with Gasteiger partial charge in [0.25, 0.3) is 0 Å². The Morgan fingerprint density at radius 2 is 1.11 bits per heavy atom. The van der Waals surface area contributed by atoms with Crippen molar-refractivity contribution in [3.63, 3.8) is 0 Å². The molecule has 2 aromatic carbocycles. The molecule has 0 saturated carbocycles. The van der Waals surface area contributed by atoms with Crippen LogP contribution < -0.4 is 0 Å². The van der Waals surface area contributed by atoms with Crippen LogP contribution in [0.25, 0.3) is 0 Å². The molecular formula is C30H46O6. The van der Waals surface area contributed by atoms with Crippen LogP contribution in [0.2, 0.25) is 0 Å². The Morgan fingerprint density at radius 3 is 1.64 bits per heavy atom. The maximum Gasteiger partial charge on any atom is 0.111 e. The van der Waals surface area contributed by atoms with Crippen molar-refractivity contribution < 1.29 is 30.6 Å². The van der Waals surface area contributed by atoms with Gasteiger partial charge in [-0.15, -0.1) is 0 Å². The topological polar surface area (TPSA) is 121 Å². The highest BCUT2D eigenvalue weighted by Gasteiger charge is 2.39. The second-order valence-electron chi connectivity index (χ2n) is 10.2. The van der Waals surface area contributed by atoms with Crippen LogP contribution >= 0.6 is 0 Å². The zero-order valence-electron chi connectivity index (χ0n) is 22.0. The van der Waals surface area contributed by atoms with Gasteiger partial charge in [-0.3, -0.25) is 0 Å². The Hall–Kier alpha value is -1.80. The Morgan fingerprint density at radius 1 is 0.639 bits per heavy atom. The molecule has 0 aliphatic heterocycles. The van der Waals surface area contributed by atoms with Gasteiger partial charge in [-0.25, -0.2) is 0 Å². The Balaban J connectivity index is 2.23. The van der Waals surface area contributed by atoms with E-state index >= 15 is 0 Å². The summed E-state index contributed by atoms with van der Waals surface area (Å²) in [7, 11) is 0. The van der Waals surface area contributed by atoms with Gasteiger partial charge in [0, 0.05) is 0 Å². The molecule has 6 nitrogen and oxygen atoms in total. The summed E-state index contributed by atoms with van der Waals surface area (Å²) in [5, 5.41) is 61.3. The minimum atomic E-state index is -1.80. The number of hydrogen-bond donors (Lipinski definition) is 6. The predicted molar refractivity (Wildman–Crippen MR) is 143 cm³/mol. The lowest BCUT2D eigenvalue weighted by molar-refractivity contribution is -0.152. The molecule has 0 saturated heterocycles. The van der Waals surface area contributed by atoms with Gasteiger partial charge < -0.3 is 30.6 Å². The minimum absolute atomic E-state index is 0.00794. The number of aryl methyl sites for hydroxylation is 3. The van der Waals surface area contributed by atoms with E-state index in [-0.39, 0.29) is 5.92 Å². The SMILES string of the molecule is CCCc1cccc(CCC(C)C(Cc2cccc(CCC)c2)C(O)[C@@H](O)[C@@H](O)[C@H](O)[C@@H](O)CO)c1. The number of benzene rings is 2. The average Bonchev–Trinajstić information content (AvgIpc) is 2.89. The van der Waals surface area contributed by atoms with Crippen molar-refractivity contribution in [1.82, 2.24) is 0 Å². The second kappa shape index (κ2) is 15.5. The molecule has 0 amide bonds. The van der Waals surface area contributed by atoms with Gasteiger partial charge in [0.15, 0.2) is 0 Å². The van der Waals surface area contributed by atoms with E-state index in [0.717, 1.165) is 44.1 Å². The molecule has 0 aliphatic rings. The molecule has 0 spiro atoms. The monoisotopic (exact) mass is 502 g/mol. The number of aliphatic hydroxyl groups is 6. The third kappa shape index (κ3) is 8.94. The van der Waals surface area contributed by atoms with Crippen molar-refractivity contribution in [2.24, 2.45) is 11.8 Å². The molecule has 0 bridgehead atoms. The van der Waals surface area contributed by atoms with Crippen molar-refractivity contribution in [2.75, 3.05) is 6.61 Å². The fraction of sp³-hybridized carbons (Fsp3) is 0.600. The Bertz CT molecular complexity index is 887. The molecule has 0 aliphatic carbocycles. The van der Waals surface area contributed by atoms with Crippen LogP contribution in [-0.4, -0.2) is 67.8 Å². The summed E-state index contributed by atoms with van der Waals surface area (Å²) in [5.41, 5.74) is 4.79. The fourth-order valence-electron chi connectivity index (χ4n) is 4.96. The summed E-state index contributed by atoms with van der Waals surface area (Å²) >= 11 is 0. The summed E-state index contributed by atoms with van der Waals surface area (Å²) in [6.45, 7) is 5.56. The first kappa shape index (κ1) is 30.4. The van der Waals surface area contributed by atoms with E-state index in [2.05, 4.69) is 50.2 Å². The predicted octanol–water partition coefficient (Wildman–Crippen LogP) is 2.82. The quantitative estimate of drug-likeness (QED) is 0.210. The van der Waals surface area contributed by atoms with Gasteiger partial charge in [0.05, 0.1) is 12.7 Å². The van der Waals surface area contributed by atoms with E-state index in [1.165, 1.54) is 16.7 Å². The minimum Gasteiger partial charge on any atom is -0.394 e. The van der Waals surface area contributed by atoms with E-state index in [1.54, 1.807) is 0 Å². The van der Waals surface area contributed by atoms with E-state index < -0.39 is 43.0 Å². The second-order valence-corrected chi connectivity index (χ2v) is 10.2. The smallest absolute Gasteiger partial charge is 0.111 e. The molecule has 7 atom stereocenters. The Kier molecular flexibility index (Phi) is 13.1. The first-order valence-corrected chi connectivity index (χ1v) is 13.4. The van der Waals surface area contributed by atoms with Crippen molar-refractivity contribution in [2.45, 2.75) is 96.2 Å². The van der Waals surface area contributed by atoms with Gasteiger partial charge in [-0.05, 0) is 66.2 Å². The molecular weight excluding hydrogens is 456 g/mol. The molecule has 202 valence electrons. The van der Waals surface area contributed by atoms with Crippen LogP contribution in [0.4, 0.5) is 0 Å². The van der Waals surface area contributed by atoms with Crippen molar-refractivity contribution >= 4 is 0 Å². The lowest BCUT2D eigenvalue weighted by Crippen LogP contribution is -2.52. The molecule has 6 heteroatoms. The maximum absolute atomic E-state index is 11.2. The molecule has 3 unspecified atom stereocenters. The van der Waals surface area contributed by atoms with Gasteiger partial charge in [0.1, 0.15) is 24.4 Å². The summed E-state index contributed by atoms with van der Waals surface area (Å²) in [5.74, 6) is -0.407. The van der Waals surface area contributed by atoms with Crippen molar-refractivity contribution in [3.05, 3.63) is 70.8 Å². The summed E-state index contributed by atoms with van der Waals surface area (Å²) in [6, 6.07) is 16.7. The van der Waals surface area contributed by atoms with E-state index in [4.69, 9.17) is 5.11 Å². The van der Waals surface area contributed by atoms with E-state index in [0.29, 0.717) is 6.42 Å². The largest absolute Gasteiger partial charge is 0.394 e. The standard InChI is InChI=1S/C30H46O6/c1-4-8-21-10-6-12-23(16-21)15-14-20(3)25(18-24-13-7-11-22(17-24)9-5-2)27(33)29(35)30(36)28(34)26(32)19-31/h6-7,10-13,16-17,20,25-36H,4-5,8-9,14-15,18-19H2,1-3H3/t20?,25?,26-,27?,28+,29+,30-/m0/s1. The normalized spacial score (nSPS) is 17.7. The molecule has 0 radical (unpaired) electrons. The Labute approximate surface area is 216 Å². The van der Waals surface area contributed by atoms with Gasteiger partial charge in [-0.1, -0.05) is 82.1 Å². The summed E-state index contributed by atoms with van der Waals surface area (Å²) in [4.78, 5) is 0. The van der Waals surface area contributed by atoms with E-state index in [9.17, 15) is 25.5 Å². The zero-order chi connectivity index (χ0) is 26.7. The lowest BCUT2D eigenvalue weighted by Gasteiger charge is -2.35. The van der Waals surface area contributed by atoms with Gasteiger partial charge >= 0.3 is 0 Å². The first-order chi connectivity index (χ1) is 17.2.